The Balaban J connectivity index is 0.00000104. The largest absolute Gasteiger partial charge is 0.478 e. The zero-order valence-corrected chi connectivity index (χ0v) is 22.7. The predicted molar refractivity (Wildman–Crippen MR) is 147 cm³/mol. The highest BCUT2D eigenvalue weighted by Gasteiger charge is 2.48. The number of aliphatic hydroxyl groups is 2. The third-order valence-electron chi connectivity index (χ3n) is 8.20. The fourth-order valence-electron chi connectivity index (χ4n) is 5.94. The summed E-state index contributed by atoms with van der Waals surface area (Å²) in [6.45, 7) is 6.49. The molecule has 6 heteroatoms. The minimum atomic E-state index is -0.981. The van der Waals surface area contributed by atoms with Gasteiger partial charge in [0.2, 0.25) is 0 Å². The van der Waals surface area contributed by atoms with E-state index in [2.05, 4.69) is 13.2 Å². The van der Waals surface area contributed by atoms with Crippen molar-refractivity contribution in [3.8, 4) is 0 Å². The van der Waals surface area contributed by atoms with Crippen LogP contribution in [0.25, 0.3) is 0 Å². The van der Waals surface area contributed by atoms with Crippen molar-refractivity contribution in [2.24, 2.45) is 10.8 Å². The van der Waals surface area contributed by atoms with Crippen LogP contribution in [0.4, 0.5) is 0 Å². The van der Waals surface area contributed by atoms with Crippen molar-refractivity contribution in [2.45, 2.75) is 128 Å². The van der Waals surface area contributed by atoms with Gasteiger partial charge in [-0.15, -0.1) is 0 Å². The number of carboxylic acids is 2. The summed E-state index contributed by atoms with van der Waals surface area (Å²) in [5.41, 5.74) is -0.0830. The first-order valence-corrected chi connectivity index (χ1v) is 14.3. The zero-order valence-electron chi connectivity index (χ0n) is 22.7. The van der Waals surface area contributed by atoms with Gasteiger partial charge in [0.15, 0.2) is 0 Å². The molecule has 0 aromatic heterocycles. The van der Waals surface area contributed by atoms with Gasteiger partial charge in [0.1, 0.15) is 0 Å². The molecule has 210 valence electrons. The molecule has 0 atom stereocenters. The summed E-state index contributed by atoms with van der Waals surface area (Å²) in [6.07, 6.45) is 27.3. The van der Waals surface area contributed by atoms with Crippen LogP contribution < -0.4 is 0 Å². The molecule has 2 aliphatic carbocycles. The minimum absolute atomic E-state index is 0.0415. The van der Waals surface area contributed by atoms with Gasteiger partial charge < -0.3 is 20.4 Å². The van der Waals surface area contributed by atoms with Crippen LogP contribution >= 0.6 is 0 Å². The van der Waals surface area contributed by atoms with Gasteiger partial charge in [-0.25, -0.2) is 9.59 Å². The van der Waals surface area contributed by atoms with Crippen molar-refractivity contribution in [1.29, 1.82) is 0 Å². The maximum atomic E-state index is 10.7. The van der Waals surface area contributed by atoms with Crippen LogP contribution in [0.15, 0.2) is 25.3 Å². The Kier molecular flexibility index (Phi) is 20.4. The van der Waals surface area contributed by atoms with Crippen LogP contribution in [0.1, 0.15) is 128 Å². The maximum Gasteiger partial charge on any atom is 0.327 e. The number of rotatable bonds is 5. The molecule has 0 bridgehead atoms. The first-order valence-electron chi connectivity index (χ1n) is 14.3. The van der Waals surface area contributed by atoms with Crippen LogP contribution in [-0.2, 0) is 9.59 Å². The van der Waals surface area contributed by atoms with Crippen LogP contribution in [-0.4, -0.2) is 45.6 Å². The van der Waals surface area contributed by atoms with Crippen molar-refractivity contribution in [3.05, 3.63) is 25.3 Å². The summed E-state index contributed by atoms with van der Waals surface area (Å²) in [6, 6.07) is 0. The molecule has 2 fully saturated rings. The summed E-state index contributed by atoms with van der Waals surface area (Å²) in [4.78, 5) is 18.5. The van der Waals surface area contributed by atoms with Crippen LogP contribution in [0, 0.1) is 10.8 Å². The first kappa shape index (κ1) is 34.3. The zero-order chi connectivity index (χ0) is 27.1. The summed E-state index contributed by atoms with van der Waals surface area (Å²) < 4.78 is 0. The van der Waals surface area contributed by atoms with Gasteiger partial charge in [-0.1, -0.05) is 116 Å². The van der Waals surface area contributed by atoms with Gasteiger partial charge in [0, 0.05) is 36.2 Å². The minimum Gasteiger partial charge on any atom is -0.478 e. The molecule has 0 saturated heterocycles. The Morgan fingerprint density at radius 1 is 0.500 bits per heavy atom. The highest BCUT2D eigenvalue weighted by molar-refractivity contribution is 5.79. The smallest absolute Gasteiger partial charge is 0.327 e. The van der Waals surface area contributed by atoms with Crippen molar-refractivity contribution in [1.82, 2.24) is 0 Å². The maximum absolute atomic E-state index is 10.7. The number of carboxylic acid groups (broad SMARTS) is 2. The summed E-state index contributed by atoms with van der Waals surface area (Å²) in [7, 11) is 0. The molecule has 36 heavy (non-hydrogen) atoms. The highest BCUT2D eigenvalue weighted by atomic mass is 16.4. The van der Waals surface area contributed by atoms with E-state index >= 15 is 0 Å². The van der Waals surface area contributed by atoms with Crippen LogP contribution in [0.2, 0.25) is 0 Å². The molecule has 0 unspecified atom stereocenters. The average Bonchev–Trinajstić information content (AvgIpc) is 2.98. The fraction of sp³-hybridized carbons (Fsp3) is 0.800. The topological polar surface area (TPSA) is 115 Å². The van der Waals surface area contributed by atoms with Gasteiger partial charge in [0.05, 0.1) is 0 Å². The quantitative estimate of drug-likeness (QED) is 0.289. The van der Waals surface area contributed by atoms with Crippen molar-refractivity contribution in [2.75, 3.05) is 13.2 Å². The van der Waals surface area contributed by atoms with Gasteiger partial charge in [-0.2, -0.15) is 0 Å². The molecule has 2 saturated carbocycles. The molecular formula is C30H54O6. The van der Waals surface area contributed by atoms with Crippen molar-refractivity contribution < 1.29 is 30.0 Å². The second-order valence-electron chi connectivity index (χ2n) is 10.6. The lowest BCUT2D eigenvalue weighted by Crippen LogP contribution is -2.48. The predicted octanol–water partition coefficient (Wildman–Crippen LogP) is 7.29. The molecular weight excluding hydrogens is 456 g/mol. The summed E-state index contributed by atoms with van der Waals surface area (Å²) >= 11 is 0. The second-order valence-corrected chi connectivity index (χ2v) is 10.6. The summed E-state index contributed by atoms with van der Waals surface area (Å²) in [5, 5.41) is 36.6. The number of aliphatic hydroxyl groups excluding tert-OH is 2. The number of aliphatic carboxylic acids is 2. The lowest BCUT2D eigenvalue weighted by atomic mass is 9.55. The lowest BCUT2D eigenvalue weighted by molar-refractivity contribution is -0.132. The number of carbonyl (C=O) groups is 2. The normalized spacial score (nSPS) is 21.3. The standard InChI is InChI=1S/C24H46O2.2C3H4O2/c25-21-23(17-13-9-5-1-2-6-10-14-18-23)24(22-26)19-15-11-7-3-4-8-12-16-20-24;2*1-2-3(4)5/h25-26H,1-22H2;2*2H,1H2,(H,4,5). The van der Waals surface area contributed by atoms with Gasteiger partial charge in [-0.3, -0.25) is 0 Å². The molecule has 0 radical (unpaired) electrons. The highest BCUT2D eigenvalue weighted by Crippen LogP contribution is 2.53. The Bertz CT molecular complexity index is 524. The number of hydrogen-bond donors (Lipinski definition) is 4. The van der Waals surface area contributed by atoms with E-state index in [0.29, 0.717) is 0 Å². The third kappa shape index (κ3) is 14.2. The average molecular weight is 511 g/mol. The van der Waals surface area contributed by atoms with Gasteiger partial charge >= 0.3 is 11.9 Å². The van der Waals surface area contributed by atoms with E-state index < -0.39 is 11.9 Å². The molecule has 0 heterocycles. The molecule has 0 aromatic rings. The van der Waals surface area contributed by atoms with E-state index in [9.17, 15) is 19.8 Å². The van der Waals surface area contributed by atoms with E-state index in [1.54, 1.807) is 0 Å². The molecule has 0 amide bonds. The Hall–Kier alpha value is -1.66. The Morgan fingerprint density at radius 3 is 0.806 bits per heavy atom. The lowest BCUT2D eigenvalue weighted by Gasteiger charge is -2.50. The monoisotopic (exact) mass is 510 g/mol. The third-order valence-corrected chi connectivity index (χ3v) is 8.20. The molecule has 0 spiro atoms. The van der Waals surface area contributed by atoms with Crippen molar-refractivity contribution >= 4 is 11.9 Å². The van der Waals surface area contributed by atoms with Crippen LogP contribution in [0.5, 0.6) is 0 Å². The molecule has 0 aliphatic heterocycles. The van der Waals surface area contributed by atoms with E-state index in [4.69, 9.17) is 10.2 Å². The molecule has 2 rings (SSSR count). The van der Waals surface area contributed by atoms with E-state index in [-0.39, 0.29) is 24.0 Å². The number of hydrogen-bond acceptors (Lipinski definition) is 4. The Labute approximate surface area is 219 Å². The molecule has 4 N–H and O–H groups in total. The fourth-order valence-corrected chi connectivity index (χ4v) is 5.94. The first-order chi connectivity index (χ1) is 17.3. The molecule has 0 aromatic carbocycles. The Morgan fingerprint density at radius 2 is 0.667 bits per heavy atom. The van der Waals surface area contributed by atoms with Crippen LogP contribution in [0.3, 0.4) is 0 Å². The second kappa shape index (κ2) is 21.4. The van der Waals surface area contributed by atoms with E-state index in [0.717, 1.165) is 37.8 Å². The molecule has 6 nitrogen and oxygen atoms in total. The SMILES string of the molecule is C=CC(=O)O.C=CC(=O)O.OCC1(C2(CO)CCCCCCCCCC2)CCCCCCCCCC1. The summed E-state index contributed by atoms with van der Waals surface area (Å²) in [5.74, 6) is -1.96. The van der Waals surface area contributed by atoms with Gasteiger partial charge in [0.25, 0.3) is 0 Å². The van der Waals surface area contributed by atoms with Gasteiger partial charge in [-0.05, 0) is 25.7 Å². The van der Waals surface area contributed by atoms with E-state index in [1.165, 1.54) is 103 Å². The molecule has 2 aliphatic rings. The van der Waals surface area contributed by atoms with E-state index in [1.807, 2.05) is 0 Å². The van der Waals surface area contributed by atoms with Crippen molar-refractivity contribution in [3.63, 3.8) is 0 Å².